The van der Waals surface area contributed by atoms with Crippen molar-refractivity contribution in [1.29, 1.82) is 0 Å². The molecular weight excluding hydrogens is 187 g/mol. The van der Waals surface area contributed by atoms with Crippen molar-refractivity contribution in [3.8, 4) is 0 Å². The minimum atomic E-state index is 0.986. The Morgan fingerprint density at radius 3 is 2.14 bits per heavy atom. The first-order valence-electron chi connectivity index (χ1n) is 5.77. The summed E-state index contributed by atoms with van der Waals surface area (Å²) in [5, 5.41) is 1.56. The Labute approximate surface area is 88.9 Å². The van der Waals surface area contributed by atoms with E-state index in [0.29, 0.717) is 0 Å². The summed E-state index contributed by atoms with van der Waals surface area (Å²) in [5.74, 6) is 0. The molecule has 1 aromatic carbocycles. The summed E-state index contributed by atoms with van der Waals surface area (Å²) in [7, 11) is 1.05. The first-order valence-corrected chi connectivity index (χ1v) is 6.84. The van der Waals surface area contributed by atoms with Gasteiger partial charge in [-0.1, -0.05) is 64.6 Å². The van der Waals surface area contributed by atoms with Crippen LogP contribution < -0.4 is 5.30 Å². The molecule has 0 aromatic heterocycles. The van der Waals surface area contributed by atoms with Gasteiger partial charge in [0, 0.05) is 0 Å². The molecule has 0 nitrogen and oxygen atoms in total. The summed E-state index contributed by atoms with van der Waals surface area (Å²) >= 11 is 0. The average Bonchev–Trinajstić information content (AvgIpc) is 2.48. The van der Waals surface area contributed by atoms with Gasteiger partial charge in [0.2, 0.25) is 0 Å². The summed E-state index contributed by atoms with van der Waals surface area (Å²) in [6, 6.07) is 11.0. The van der Waals surface area contributed by atoms with E-state index in [1.54, 1.807) is 5.30 Å². The lowest BCUT2D eigenvalue weighted by molar-refractivity contribution is 0.702. The largest absolute Gasteiger partial charge is 0.0872 e. The Morgan fingerprint density at radius 1 is 0.857 bits per heavy atom. The second-order valence-corrected chi connectivity index (χ2v) is 5.88. The fraction of sp³-hybridized carbons (Fsp3) is 0.538. The van der Waals surface area contributed by atoms with E-state index in [-0.39, 0.29) is 0 Å². The lowest BCUT2D eigenvalue weighted by Crippen LogP contribution is -2.04. The van der Waals surface area contributed by atoms with Gasteiger partial charge in [-0.05, 0) is 23.8 Å². The highest BCUT2D eigenvalue weighted by Gasteiger charge is 2.12. The van der Waals surface area contributed by atoms with E-state index in [1.807, 2.05) is 0 Å². The van der Waals surface area contributed by atoms with Crippen LogP contribution in [0.15, 0.2) is 30.3 Å². The number of benzene rings is 1. The molecule has 1 saturated carbocycles. The number of hydrogen-bond acceptors (Lipinski definition) is 0. The Hall–Kier alpha value is -0.350. The first kappa shape index (κ1) is 10.2. The Morgan fingerprint density at radius 2 is 1.50 bits per heavy atom. The summed E-state index contributed by atoms with van der Waals surface area (Å²) in [4.78, 5) is 0. The molecule has 1 heteroatoms. The molecule has 76 valence electrons. The Kier molecular flexibility index (Phi) is 4.01. The molecule has 1 atom stereocenters. The standard InChI is InChI=1S/C13H19P/c1-2-5-9-12(8-4-1)14-13-10-6-3-7-11-13/h3,6-7,10-12,14H,1-2,4-5,8-9H2. The summed E-state index contributed by atoms with van der Waals surface area (Å²) in [6.07, 6.45) is 8.79. The van der Waals surface area contributed by atoms with Crippen LogP contribution in [0.25, 0.3) is 0 Å². The van der Waals surface area contributed by atoms with E-state index in [4.69, 9.17) is 0 Å². The predicted octanol–water partition coefficient (Wildman–Crippen LogP) is 3.71. The normalized spacial score (nSPS) is 20.0. The molecule has 14 heavy (non-hydrogen) atoms. The fourth-order valence-corrected chi connectivity index (χ4v) is 3.75. The van der Waals surface area contributed by atoms with E-state index in [9.17, 15) is 0 Å². The summed E-state index contributed by atoms with van der Waals surface area (Å²) in [5.41, 5.74) is 0.986. The van der Waals surface area contributed by atoms with Crippen molar-refractivity contribution in [2.45, 2.75) is 44.2 Å². The van der Waals surface area contributed by atoms with E-state index in [2.05, 4.69) is 30.3 Å². The van der Waals surface area contributed by atoms with Crippen molar-refractivity contribution in [1.82, 2.24) is 0 Å². The highest BCUT2D eigenvalue weighted by atomic mass is 31.1. The second kappa shape index (κ2) is 5.51. The van der Waals surface area contributed by atoms with Crippen molar-refractivity contribution >= 4 is 13.9 Å². The van der Waals surface area contributed by atoms with Crippen LogP contribution >= 0.6 is 8.58 Å². The van der Waals surface area contributed by atoms with Crippen molar-refractivity contribution < 1.29 is 0 Å². The molecule has 2 rings (SSSR count). The third-order valence-corrected chi connectivity index (χ3v) is 4.65. The molecule has 1 fully saturated rings. The van der Waals surface area contributed by atoms with E-state index in [1.165, 1.54) is 38.5 Å². The maximum atomic E-state index is 2.28. The van der Waals surface area contributed by atoms with Gasteiger partial charge < -0.3 is 0 Å². The molecule has 0 radical (unpaired) electrons. The molecule has 1 aliphatic carbocycles. The van der Waals surface area contributed by atoms with Crippen LogP contribution in [0.5, 0.6) is 0 Å². The third-order valence-electron chi connectivity index (χ3n) is 3.00. The summed E-state index contributed by atoms with van der Waals surface area (Å²) in [6.45, 7) is 0. The van der Waals surface area contributed by atoms with Gasteiger partial charge in [0.05, 0.1) is 0 Å². The number of rotatable bonds is 2. The van der Waals surface area contributed by atoms with Crippen LogP contribution in [0, 0.1) is 0 Å². The first-order chi connectivity index (χ1) is 6.95. The monoisotopic (exact) mass is 206 g/mol. The molecule has 0 heterocycles. The quantitative estimate of drug-likeness (QED) is 0.511. The zero-order valence-corrected chi connectivity index (χ0v) is 9.71. The fourth-order valence-electron chi connectivity index (χ4n) is 2.19. The lowest BCUT2D eigenvalue weighted by Gasteiger charge is -2.13. The van der Waals surface area contributed by atoms with E-state index < -0.39 is 0 Å². The van der Waals surface area contributed by atoms with Crippen molar-refractivity contribution in [3.63, 3.8) is 0 Å². The molecule has 1 unspecified atom stereocenters. The highest BCUT2D eigenvalue weighted by molar-refractivity contribution is 7.48. The van der Waals surface area contributed by atoms with Gasteiger partial charge in [0.15, 0.2) is 0 Å². The minimum Gasteiger partial charge on any atom is -0.0872 e. The van der Waals surface area contributed by atoms with Crippen LogP contribution in [0.1, 0.15) is 38.5 Å². The molecule has 0 bridgehead atoms. The molecule has 0 amide bonds. The van der Waals surface area contributed by atoms with Crippen LogP contribution in [-0.4, -0.2) is 5.66 Å². The minimum absolute atomic E-state index is 0.986. The van der Waals surface area contributed by atoms with Crippen LogP contribution in [0.2, 0.25) is 0 Å². The van der Waals surface area contributed by atoms with Gasteiger partial charge >= 0.3 is 0 Å². The van der Waals surface area contributed by atoms with Crippen molar-refractivity contribution in [3.05, 3.63) is 30.3 Å². The lowest BCUT2D eigenvalue weighted by atomic mass is 10.2. The molecular formula is C13H19P. The maximum Gasteiger partial charge on any atom is -0.0196 e. The zero-order chi connectivity index (χ0) is 9.64. The van der Waals surface area contributed by atoms with Crippen LogP contribution in [-0.2, 0) is 0 Å². The van der Waals surface area contributed by atoms with Gasteiger partial charge in [0.25, 0.3) is 0 Å². The van der Waals surface area contributed by atoms with Gasteiger partial charge in [-0.2, -0.15) is 0 Å². The third kappa shape index (κ3) is 3.10. The smallest absolute Gasteiger partial charge is 0.0196 e. The van der Waals surface area contributed by atoms with Crippen LogP contribution in [0.3, 0.4) is 0 Å². The second-order valence-electron chi connectivity index (χ2n) is 4.20. The Balaban J connectivity index is 1.90. The predicted molar refractivity (Wildman–Crippen MR) is 65.9 cm³/mol. The highest BCUT2D eigenvalue weighted by Crippen LogP contribution is 2.31. The zero-order valence-electron chi connectivity index (χ0n) is 8.71. The number of hydrogen-bond donors (Lipinski definition) is 0. The van der Waals surface area contributed by atoms with Gasteiger partial charge in [-0.25, -0.2) is 0 Å². The van der Waals surface area contributed by atoms with E-state index in [0.717, 1.165) is 14.2 Å². The molecule has 0 saturated heterocycles. The van der Waals surface area contributed by atoms with Gasteiger partial charge in [0.1, 0.15) is 0 Å². The molecule has 1 aromatic rings. The van der Waals surface area contributed by atoms with Gasteiger partial charge in [-0.15, -0.1) is 0 Å². The summed E-state index contributed by atoms with van der Waals surface area (Å²) < 4.78 is 0. The van der Waals surface area contributed by atoms with E-state index >= 15 is 0 Å². The maximum absolute atomic E-state index is 2.28. The SMILES string of the molecule is c1ccc(PC2CCCCCC2)cc1. The van der Waals surface area contributed by atoms with Gasteiger partial charge in [-0.3, -0.25) is 0 Å². The van der Waals surface area contributed by atoms with Crippen LogP contribution in [0.4, 0.5) is 0 Å². The topological polar surface area (TPSA) is 0 Å². The molecule has 0 spiro atoms. The molecule has 0 aliphatic heterocycles. The van der Waals surface area contributed by atoms with Crippen molar-refractivity contribution in [2.75, 3.05) is 0 Å². The Bertz CT molecular complexity index is 247. The molecule has 1 aliphatic rings. The average molecular weight is 206 g/mol. The molecule has 0 N–H and O–H groups in total. The van der Waals surface area contributed by atoms with Crippen molar-refractivity contribution in [2.24, 2.45) is 0 Å².